The number of esters is 1. The molecular weight excluding hydrogens is 184 g/mol. The summed E-state index contributed by atoms with van der Waals surface area (Å²) in [5.41, 5.74) is 5.05. The van der Waals surface area contributed by atoms with Gasteiger partial charge in [-0.05, 0) is 0 Å². The smallest absolute Gasteiger partial charge is 0.308 e. The van der Waals surface area contributed by atoms with Crippen LogP contribution in [0.5, 0.6) is 0 Å². The van der Waals surface area contributed by atoms with E-state index >= 15 is 0 Å². The minimum atomic E-state index is -0.271. The van der Waals surface area contributed by atoms with Crippen LogP contribution in [0.2, 0.25) is 0 Å². The number of carbonyl (C=O) groups is 2. The third-order valence-electron chi connectivity index (χ3n) is 1.41. The summed E-state index contributed by atoms with van der Waals surface area (Å²) >= 11 is 0. The van der Waals surface area contributed by atoms with Gasteiger partial charge in [-0.1, -0.05) is 0 Å². The number of halogens is 1. The van der Waals surface area contributed by atoms with Crippen molar-refractivity contribution in [3.8, 4) is 0 Å². The first kappa shape index (κ1) is 11.2. The Hall–Kier alpha value is -0.810. The van der Waals surface area contributed by atoms with E-state index in [-0.39, 0.29) is 49.9 Å². The van der Waals surface area contributed by atoms with E-state index in [9.17, 15) is 9.59 Å². The van der Waals surface area contributed by atoms with Gasteiger partial charge in [0.1, 0.15) is 6.61 Å². The minimum absolute atomic E-state index is 0. The molecule has 0 radical (unpaired) electrons. The Kier molecular flexibility index (Phi) is 4.61. The Bertz CT molecular complexity index is 186. The SMILES string of the molecule is Cl.NCC(=O)N[C@@H]1COC(=O)C1. The van der Waals surface area contributed by atoms with Crippen LogP contribution in [-0.2, 0) is 14.3 Å². The van der Waals surface area contributed by atoms with Gasteiger partial charge in [-0.15, -0.1) is 12.4 Å². The highest BCUT2D eigenvalue weighted by Crippen LogP contribution is 2.04. The summed E-state index contributed by atoms with van der Waals surface area (Å²) in [6, 6.07) is -0.182. The highest BCUT2D eigenvalue weighted by molar-refractivity contribution is 5.85. The van der Waals surface area contributed by atoms with Crippen LogP contribution in [0.4, 0.5) is 0 Å². The quantitative estimate of drug-likeness (QED) is 0.541. The van der Waals surface area contributed by atoms with Crippen LogP contribution in [0.3, 0.4) is 0 Å². The van der Waals surface area contributed by atoms with Crippen molar-refractivity contribution in [3.05, 3.63) is 0 Å². The van der Waals surface area contributed by atoms with E-state index in [2.05, 4.69) is 10.1 Å². The zero-order valence-electron chi connectivity index (χ0n) is 6.41. The summed E-state index contributed by atoms with van der Waals surface area (Å²) in [6.45, 7) is 0.218. The predicted octanol–water partition coefficient (Wildman–Crippen LogP) is -1.20. The molecule has 0 aromatic rings. The minimum Gasteiger partial charge on any atom is -0.463 e. The molecule has 1 atom stereocenters. The third-order valence-corrected chi connectivity index (χ3v) is 1.41. The summed E-state index contributed by atoms with van der Waals surface area (Å²) in [7, 11) is 0. The normalized spacial score (nSPS) is 21.1. The van der Waals surface area contributed by atoms with Gasteiger partial charge in [0.05, 0.1) is 19.0 Å². The third kappa shape index (κ3) is 3.06. The van der Waals surface area contributed by atoms with Crippen LogP contribution in [0, 0.1) is 0 Å². The largest absolute Gasteiger partial charge is 0.463 e. The zero-order valence-corrected chi connectivity index (χ0v) is 7.23. The van der Waals surface area contributed by atoms with Crippen molar-refractivity contribution < 1.29 is 14.3 Å². The van der Waals surface area contributed by atoms with Crippen molar-refractivity contribution in [3.63, 3.8) is 0 Å². The van der Waals surface area contributed by atoms with Gasteiger partial charge in [-0.3, -0.25) is 9.59 Å². The first-order valence-corrected chi connectivity index (χ1v) is 3.37. The molecule has 6 heteroatoms. The van der Waals surface area contributed by atoms with Crippen LogP contribution in [0.25, 0.3) is 0 Å². The molecule has 0 bridgehead atoms. The molecular formula is C6H11ClN2O3. The van der Waals surface area contributed by atoms with Gasteiger partial charge in [0.15, 0.2) is 0 Å². The molecule has 1 rings (SSSR count). The van der Waals surface area contributed by atoms with Crippen molar-refractivity contribution in [1.82, 2.24) is 5.32 Å². The fourth-order valence-electron chi connectivity index (χ4n) is 0.892. The average molecular weight is 195 g/mol. The number of amides is 1. The first-order valence-electron chi connectivity index (χ1n) is 3.37. The maximum absolute atomic E-state index is 10.7. The second-order valence-electron chi connectivity index (χ2n) is 2.36. The highest BCUT2D eigenvalue weighted by Gasteiger charge is 2.24. The molecule has 1 saturated heterocycles. The van der Waals surface area contributed by atoms with E-state index in [1.165, 1.54) is 0 Å². The number of hydrogen-bond acceptors (Lipinski definition) is 4. The molecule has 1 amide bonds. The Balaban J connectivity index is 0.00000121. The molecule has 0 aliphatic carbocycles. The van der Waals surface area contributed by atoms with Crippen molar-refractivity contribution >= 4 is 24.3 Å². The monoisotopic (exact) mass is 194 g/mol. The maximum atomic E-state index is 10.7. The molecule has 70 valence electrons. The zero-order chi connectivity index (χ0) is 8.27. The maximum Gasteiger partial charge on any atom is 0.308 e. The predicted molar refractivity (Wildman–Crippen MR) is 43.8 cm³/mol. The fourth-order valence-corrected chi connectivity index (χ4v) is 0.892. The molecule has 1 aliphatic heterocycles. The molecule has 1 heterocycles. The molecule has 3 N–H and O–H groups in total. The summed E-state index contributed by atoms with van der Waals surface area (Å²) in [5, 5.41) is 2.55. The molecule has 5 nitrogen and oxygen atoms in total. The van der Waals surface area contributed by atoms with E-state index in [1.54, 1.807) is 0 Å². The van der Waals surface area contributed by atoms with Crippen molar-refractivity contribution in [1.29, 1.82) is 0 Å². The van der Waals surface area contributed by atoms with Gasteiger partial charge < -0.3 is 15.8 Å². The van der Waals surface area contributed by atoms with E-state index in [0.717, 1.165) is 0 Å². The van der Waals surface area contributed by atoms with Gasteiger partial charge in [-0.25, -0.2) is 0 Å². The Morgan fingerprint density at radius 2 is 2.42 bits per heavy atom. The topological polar surface area (TPSA) is 81.4 Å². The molecule has 1 fully saturated rings. The number of cyclic esters (lactones) is 1. The molecule has 0 aromatic carbocycles. The van der Waals surface area contributed by atoms with Crippen LogP contribution in [-0.4, -0.2) is 31.1 Å². The lowest BCUT2D eigenvalue weighted by atomic mass is 10.2. The number of hydrogen-bond donors (Lipinski definition) is 2. The van der Waals surface area contributed by atoms with Crippen LogP contribution >= 0.6 is 12.4 Å². The second-order valence-corrected chi connectivity index (χ2v) is 2.36. The first-order chi connectivity index (χ1) is 5.22. The summed E-state index contributed by atoms with van der Waals surface area (Å²) < 4.78 is 4.62. The van der Waals surface area contributed by atoms with E-state index in [0.29, 0.717) is 0 Å². The van der Waals surface area contributed by atoms with Crippen LogP contribution < -0.4 is 11.1 Å². The fraction of sp³-hybridized carbons (Fsp3) is 0.667. The number of rotatable bonds is 2. The van der Waals surface area contributed by atoms with Crippen molar-refractivity contribution in [2.24, 2.45) is 5.73 Å². The van der Waals surface area contributed by atoms with Gasteiger partial charge in [0, 0.05) is 0 Å². The number of carbonyl (C=O) groups excluding carboxylic acids is 2. The molecule has 12 heavy (non-hydrogen) atoms. The summed E-state index contributed by atoms with van der Waals surface area (Å²) in [4.78, 5) is 21.2. The molecule has 1 aliphatic rings. The number of nitrogens with two attached hydrogens (primary N) is 1. The molecule has 0 saturated carbocycles. The Labute approximate surface area is 76.0 Å². The van der Waals surface area contributed by atoms with E-state index in [4.69, 9.17) is 5.73 Å². The number of ether oxygens (including phenoxy) is 1. The molecule has 0 aromatic heterocycles. The summed E-state index contributed by atoms with van der Waals surface area (Å²) in [5.74, 6) is -0.527. The van der Waals surface area contributed by atoms with Crippen LogP contribution in [0.1, 0.15) is 6.42 Å². The second kappa shape index (κ2) is 4.95. The van der Waals surface area contributed by atoms with Gasteiger partial charge in [-0.2, -0.15) is 0 Å². The molecule has 0 unspecified atom stereocenters. The van der Waals surface area contributed by atoms with Gasteiger partial charge >= 0.3 is 5.97 Å². The van der Waals surface area contributed by atoms with Crippen molar-refractivity contribution in [2.75, 3.05) is 13.2 Å². The summed E-state index contributed by atoms with van der Waals surface area (Å²) in [6.07, 6.45) is 0.256. The lowest BCUT2D eigenvalue weighted by Gasteiger charge is -2.06. The van der Waals surface area contributed by atoms with Gasteiger partial charge in [0.2, 0.25) is 5.91 Å². The number of nitrogens with one attached hydrogen (secondary N) is 1. The lowest BCUT2D eigenvalue weighted by Crippen LogP contribution is -2.38. The standard InChI is InChI=1S/C6H10N2O3.ClH/c7-2-5(9)8-4-1-6(10)11-3-4;/h4H,1-3,7H2,(H,8,9);1H/t4-;/m0./s1. The Morgan fingerprint density at radius 1 is 1.75 bits per heavy atom. The van der Waals surface area contributed by atoms with Crippen molar-refractivity contribution in [2.45, 2.75) is 12.5 Å². The lowest BCUT2D eigenvalue weighted by molar-refractivity contribution is -0.138. The van der Waals surface area contributed by atoms with E-state index < -0.39 is 0 Å². The average Bonchev–Trinajstić information content (AvgIpc) is 2.35. The van der Waals surface area contributed by atoms with Gasteiger partial charge in [0.25, 0.3) is 0 Å². The molecule has 0 spiro atoms. The van der Waals surface area contributed by atoms with E-state index in [1.807, 2.05) is 0 Å². The van der Waals surface area contributed by atoms with Crippen LogP contribution in [0.15, 0.2) is 0 Å². The highest BCUT2D eigenvalue weighted by atomic mass is 35.5. The Morgan fingerprint density at radius 3 is 2.83 bits per heavy atom.